The summed E-state index contributed by atoms with van der Waals surface area (Å²) in [5.74, 6) is 0.944. The van der Waals surface area contributed by atoms with Crippen molar-refractivity contribution in [3.63, 3.8) is 0 Å². The van der Waals surface area contributed by atoms with Crippen LogP contribution in [0.25, 0.3) is 0 Å². The first kappa shape index (κ1) is 16.6. The second-order valence-corrected chi connectivity index (χ2v) is 6.77. The number of hydrogen-bond donors (Lipinski definition) is 1. The Kier molecular flexibility index (Phi) is 5.67. The molecule has 3 heteroatoms. The molecule has 1 amide bonds. The van der Waals surface area contributed by atoms with E-state index in [0.717, 1.165) is 21.8 Å². The maximum Gasteiger partial charge on any atom is 0.252 e. The minimum Gasteiger partial charge on any atom is -0.345 e. The standard InChI is InChI=1S/C19H23NOS/c1-5-22-18-9-7-6-8-17(18)19(21)20-15(4)16-11-10-13(2)14(3)12-16/h6-12,15H,5H2,1-4H3,(H,20,21)/t15-/m1/s1. The predicted octanol–water partition coefficient (Wildman–Crippen LogP) is 4.91. The third-order valence-electron chi connectivity index (χ3n) is 3.81. The number of thioether (sulfide) groups is 1. The summed E-state index contributed by atoms with van der Waals surface area (Å²) in [5, 5.41) is 3.11. The van der Waals surface area contributed by atoms with Crippen molar-refractivity contribution in [2.45, 2.75) is 38.6 Å². The SMILES string of the molecule is CCSc1ccccc1C(=O)N[C@H](C)c1ccc(C)c(C)c1. The lowest BCUT2D eigenvalue weighted by Crippen LogP contribution is -2.27. The van der Waals surface area contributed by atoms with Gasteiger partial charge in [-0.1, -0.05) is 37.3 Å². The molecule has 0 spiro atoms. The van der Waals surface area contributed by atoms with E-state index in [4.69, 9.17) is 0 Å². The van der Waals surface area contributed by atoms with Crippen molar-refractivity contribution in [2.75, 3.05) is 5.75 Å². The van der Waals surface area contributed by atoms with Crippen molar-refractivity contribution in [2.24, 2.45) is 0 Å². The maximum absolute atomic E-state index is 12.6. The van der Waals surface area contributed by atoms with Gasteiger partial charge in [0.2, 0.25) is 0 Å². The van der Waals surface area contributed by atoms with Crippen LogP contribution in [-0.2, 0) is 0 Å². The van der Waals surface area contributed by atoms with E-state index in [1.165, 1.54) is 11.1 Å². The van der Waals surface area contributed by atoms with Crippen LogP contribution in [0.3, 0.4) is 0 Å². The molecule has 0 saturated heterocycles. The lowest BCUT2D eigenvalue weighted by molar-refractivity contribution is 0.0937. The summed E-state index contributed by atoms with van der Waals surface area (Å²) in [6.07, 6.45) is 0. The average molecular weight is 313 g/mol. The molecule has 22 heavy (non-hydrogen) atoms. The van der Waals surface area contributed by atoms with Crippen LogP contribution < -0.4 is 5.32 Å². The minimum absolute atomic E-state index is 0.00789. The molecule has 0 aliphatic heterocycles. The first-order chi connectivity index (χ1) is 10.5. The highest BCUT2D eigenvalue weighted by molar-refractivity contribution is 7.99. The second kappa shape index (κ2) is 7.50. The van der Waals surface area contributed by atoms with Crippen LogP contribution in [0.4, 0.5) is 0 Å². The molecule has 0 unspecified atom stereocenters. The smallest absolute Gasteiger partial charge is 0.252 e. The first-order valence-corrected chi connectivity index (χ1v) is 8.61. The van der Waals surface area contributed by atoms with Crippen LogP contribution in [0.1, 0.15) is 46.9 Å². The largest absolute Gasteiger partial charge is 0.345 e. The number of rotatable bonds is 5. The summed E-state index contributed by atoms with van der Waals surface area (Å²) < 4.78 is 0. The fourth-order valence-electron chi connectivity index (χ4n) is 2.33. The van der Waals surface area contributed by atoms with Gasteiger partial charge in [-0.25, -0.2) is 0 Å². The van der Waals surface area contributed by atoms with E-state index in [-0.39, 0.29) is 11.9 Å². The van der Waals surface area contributed by atoms with Gasteiger partial charge in [0.05, 0.1) is 11.6 Å². The Morgan fingerprint density at radius 2 is 1.86 bits per heavy atom. The third kappa shape index (κ3) is 3.92. The summed E-state index contributed by atoms with van der Waals surface area (Å²) in [6, 6.07) is 14.1. The van der Waals surface area contributed by atoms with Crippen molar-refractivity contribution in [1.29, 1.82) is 0 Å². The molecule has 0 aromatic heterocycles. The molecular formula is C19H23NOS. The highest BCUT2D eigenvalue weighted by atomic mass is 32.2. The molecule has 0 fully saturated rings. The monoisotopic (exact) mass is 313 g/mol. The Morgan fingerprint density at radius 1 is 1.14 bits per heavy atom. The number of nitrogens with one attached hydrogen (secondary N) is 1. The van der Waals surface area contributed by atoms with Crippen LogP contribution in [0, 0.1) is 13.8 Å². The zero-order valence-electron chi connectivity index (χ0n) is 13.6. The molecule has 1 atom stereocenters. The van der Waals surface area contributed by atoms with E-state index >= 15 is 0 Å². The lowest BCUT2D eigenvalue weighted by atomic mass is 10.0. The van der Waals surface area contributed by atoms with E-state index < -0.39 is 0 Å². The van der Waals surface area contributed by atoms with E-state index in [0.29, 0.717) is 0 Å². The van der Waals surface area contributed by atoms with Gasteiger partial charge >= 0.3 is 0 Å². The van der Waals surface area contributed by atoms with Crippen molar-refractivity contribution < 1.29 is 4.79 Å². The molecule has 2 aromatic carbocycles. The van der Waals surface area contributed by atoms with Gasteiger partial charge in [-0.05, 0) is 55.3 Å². The number of aryl methyl sites for hydroxylation is 2. The fraction of sp³-hybridized carbons (Fsp3) is 0.316. The molecule has 2 rings (SSSR count). The Labute approximate surface area is 137 Å². The molecule has 0 bridgehead atoms. The van der Waals surface area contributed by atoms with Crippen LogP contribution in [-0.4, -0.2) is 11.7 Å². The molecule has 0 radical (unpaired) electrons. The number of hydrogen-bond acceptors (Lipinski definition) is 2. The lowest BCUT2D eigenvalue weighted by Gasteiger charge is -2.17. The van der Waals surface area contributed by atoms with E-state index in [2.05, 4.69) is 44.3 Å². The summed E-state index contributed by atoms with van der Waals surface area (Å²) in [7, 11) is 0. The van der Waals surface area contributed by atoms with Gasteiger partial charge in [0.1, 0.15) is 0 Å². The Morgan fingerprint density at radius 3 is 2.55 bits per heavy atom. The van der Waals surface area contributed by atoms with Gasteiger partial charge in [-0.2, -0.15) is 0 Å². The zero-order chi connectivity index (χ0) is 16.1. The Balaban J connectivity index is 2.16. The predicted molar refractivity (Wildman–Crippen MR) is 94.6 cm³/mol. The summed E-state index contributed by atoms with van der Waals surface area (Å²) in [6.45, 7) is 8.32. The van der Waals surface area contributed by atoms with Gasteiger partial charge in [0.15, 0.2) is 0 Å². The second-order valence-electron chi connectivity index (χ2n) is 5.47. The Bertz CT molecular complexity index is 666. The fourth-order valence-corrected chi connectivity index (χ4v) is 3.13. The Hall–Kier alpha value is -1.74. The third-order valence-corrected chi connectivity index (χ3v) is 4.77. The highest BCUT2D eigenvalue weighted by Gasteiger charge is 2.14. The van der Waals surface area contributed by atoms with Gasteiger partial charge in [0, 0.05) is 4.90 Å². The van der Waals surface area contributed by atoms with Gasteiger partial charge in [0.25, 0.3) is 5.91 Å². The summed E-state index contributed by atoms with van der Waals surface area (Å²) >= 11 is 1.70. The molecule has 2 aromatic rings. The highest BCUT2D eigenvalue weighted by Crippen LogP contribution is 2.23. The number of amides is 1. The van der Waals surface area contributed by atoms with Crippen molar-refractivity contribution in [3.8, 4) is 0 Å². The molecule has 1 N–H and O–H groups in total. The van der Waals surface area contributed by atoms with E-state index in [9.17, 15) is 4.79 Å². The molecular weight excluding hydrogens is 290 g/mol. The first-order valence-electron chi connectivity index (χ1n) is 7.62. The maximum atomic E-state index is 12.6. The van der Waals surface area contributed by atoms with Crippen LogP contribution in [0.5, 0.6) is 0 Å². The van der Waals surface area contributed by atoms with E-state index in [1.54, 1.807) is 11.8 Å². The van der Waals surface area contributed by atoms with Gasteiger partial charge in [-0.3, -0.25) is 4.79 Å². The minimum atomic E-state index is -0.0118. The number of carbonyl (C=O) groups excluding carboxylic acids is 1. The van der Waals surface area contributed by atoms with E-state index in [1.807, 2.05) is 31.2 Å². The summed E-state index contributed by atoms with van der Waals surface area (Å²) in [4.78, 5) is 13.6. The van der Waals surface area contributed by atoms with Crippen molar-refractivity contribution in [3.05, 3.63) is 64.7 Å². The molecule has 116 valence electrons. The van der Waals surface area contributed by atoms with Crippen molar-refractivity contribution in [1.82, 2.24) is 5.32 Å². The molecule has 0 aliphatic rings. The van der Waals surface area contributed by atoms with Gasteiger partial charge < -0.3 is 5.32 Å². The number of carbonyl (C=O) groups is 1. The zero-order valence-corrected chi connectivity index (χ0v) is 14.5. The molecule has 2 nitrogen and oxygen atoms in total. The topological polar surface area (TPSA) is 29.1 Å². The van der Waals surface area contributed by atoms with Crippen LogP contribution >= 0.6 is 11.8 Å². The number of benzene rings is 2. The summed E-state index contributed by atoms with van der Waals surface area (Å²) in [5.41, 5.74) is 4.41. The normalized spacial score (nSPS) is 12.0. The molecule has 0 aliphatic carbocycles. The molecule has 0 saturated carbocycles. The van der Waals surface area contributed by atoms with Crippen molar-refractivity contribution >= 4 is 17.7 Å². The quantitative estimate of drug-likeness (QED) is 0.795. The van der Waals surface area contributed by atoms with Crippen LogP contribution in [0.2, 0.25) is 0 Å². The molecule has 0 heterocycles. The van der Waals surface area contributed by atoms with Gasteiger partial charge in [-0.15, -0.1) is 11.8 Å². The van der Waals surface area contributed by atoms with Crippen LogP contribution in [0.15, 0.2) is 47.4 Å². The average Bonchev–Trinajstić information content (AvgIpc) is 2.50.